The van der Waals surface area contributed by atoms with Crippen LogP contribution in [0.3, 0.4) is 0 Å². The minimum atomic E-state index is -0.414. The zero-order chi connectivity index (χ0) is 21.3. The molecule has 0 saturated heterocycles. The van der Waals surface area contributed by atoms with E-state index in [4.69, 9.17) is 4.74 Å². The van der Waals surface area contributed by atoms with Gasteiger partial charge in [-0.05, 0) is 48.0 Å². The van der Waals surface area contributed by atoms with Crippen molar-refractivity contribution in [3.05, 3.63) is 95.3 Å². The summed E-state index contributed by atoms with van der Waals surface area (Å²) in [4.78, 5) is 23.4. The molecular formula is C23H20FN3O3. The molecule has 0 aliphatic rings. The van der Waals surface area contributed by atoms with Crippen molar-refractivity contribution in [2.75, 3.05) is 5.32 Å². The number of carbonyl (C=O) groups excluding carboxylic acids is 2. The predicted molar refractivity (Wildman–Crippen MR) is 113 cm³/mol. The maximum Gasteiger partial charge on any atom is 0.271 e. The number of anilines is 1. The summed E-state index contributed by atoms with van der Waals surface area (Å²) in [5.74, 6) is -0.358. The number of benzene rings is 3. The monoisotopic (exact) mass is 405 g/mol. The lowest BCUT2D eigenvalue weighted by molar-refractivity contribution is -0.114. The van der Waals surface area contributed by atoms with Crippen molar-refractivity contribution >= 4 is 23.7 Å². The number of nitrogens with zero attached hydrogens (tertiary/aromatic N) is 1. The molecule has 0 aromatic heterocycles. The zero-order valence-electron chi connectivity index (χ0n) is 16.3. The van der Waals surface area contributed by atoms with Gasteiger partial charge in [0.15, 0.2) is 0 Å². The summed E-state index contributed by atoms with van der Waals surface area (Å²) >= 11 is 0. The summed E-state index contributed by atoms with van der Waals surface area (Å²) in [5, 5.41) is 6.62. The lowest BCUT2D eigenvalue weighted by Gasteiger charge is -2.09. The normalized spacial score (nSPS) is 10.6. The fourth-order valence-electron chi connectivity index (χ4n) is 2.63. The van der Waals surface area contributed by atoms with Crippen LogP contribution in [0.5, 0.6) is 5.75 Å². The van der Waals surface area contributed by atoms with Crippen LogP contribution in [0.25, 0.3) is 0 Å². The molecule has 152 valence electrons. The Hall–Kier alpha value is -4.00. The quantitative estimate of drug-likeness (QED) is 0.458. The number of hydrogen-bond acceptors (Lipinski definition) is 4. The standard InChI is InChI=1S/C23H20FN3O3/c1-16(28)26-21-7-4-6-18(13-21)23(29)27-25-14-19-5-2-3-8-22(19)30-15-17-9-11-20(24)12-10-17/h2-14H,15H2,1H3,(H,26,28)(H,27,29). The third-order valence-electron chi connectivity index (χ3n) is 4.04. The van der Waals surface area contributed by atoms with Crippen LogP contribution < -0.4 is 15.5 Å². The van der Waals surface area contributed by atoms with Gasteiger partial charge in [-0.2, -0.15) is 5.10 Å². The summed E-state index contributed by atoms with van der Waals surface area (Å²) in [5.41, 5.74) is 4.84. The molecule has 0 atom stereocenters. The Morgan fingerprint density at radius 2 is 1.80 bits per heavy atom. The largest absolute Gasteiger partial charge is 0.488 e. The lowest BCUT2D eigenvalue weighted by atomic mass is 10.2. The first-order valence-corrected chi connectivity index (χ1v) is 9.18. The number of halogens is 1. The van der Waals surface area contributed by atoms with E-state index in [-0.39, 0.29) is 18.3 Å². The third-order valence-corrected chi connectivity index (χ3v) is 4.04. The van der Waals surface area contributed by atoms with Crippen LogP contribution in [0.2, 0.25) is 0 Å². The maximum atomic E-state index is 13.0. The van der Waals surface area contributed by atoms with Crippen molar-refractivity contribution in [3.8, 4) is 5.75 Å². The van der Waals surface area contributed by atoms with Crippen LogP contribution in [-0.2, 0) is 11.4 Å². The molecule has 2 amide bonds. The molecule has 3 aromatic carbocycles. The van der Waals surface area contributed by atoms with E-state index >= 15 is 0 Å². The SMILES string of the molecule is CC(=O)Nc1cccc(C(=O)NN=Cc2ccccc2OCc2ccc(F)cc2)c1. The van der Waals surface area contributed by atoms with E-state index in [9.17, 15) is 14.0 Å². The Morgan fingerprint density at radius 3 is 2.57 bits per heavy atom. The number of hydrazone groups is 1. The Labute approximate surface area is 173 Å². The van der Waals surface area contributed by atoms with Gasteiger partial charge in [0, 0.05) is 23.7 Å². The lowest BCUT2D eigenvalue weighted by Crippen LogP contribution is -2.18. The van der Waals surface area contributed by atoms with Crippen molar-refractivity contribution in [2.24, 2.45) is 5.10 Å². The second kappa shape index (κ2) is 9.97. The van der Waals surface area contributed by atoms with Crippen molar-refractivity contribution in [2.45, 2.75) is 13.5 Å². The molecule has 0 fully saturated rings. The van der Waals surface area contributed by atoms with Crippen LogP contribution in [0.4, 0.5) is 10.1 Å². The molecule has 0 saturated carbocycles. The molecule has 0 heterocycles. The molecule has 0 spiro atoms. The molecule has 0 radical (unpaired) electrons. The Balaban J connectivity index is 1.63. The molecule has 3 aromatic rings. The summed E-state index contributed by atoms with van der Waals surface area (Å²) in [6.07, 6.45) is 1.48. The van der Waals surface area contributed by atoms with Gasteiger partial charge in [0.05, 0.1) is 6.21 Å². The maximum absolute atomic E-state index is 13.0. The molecule has 6 nitrogen and oxygen atoms in total. The molecule has 0 aliphatic heterocycles. The highest BCUT2D eigenvalue weighted by Gasteiger charge is 2.06. The molecular weight excluding hydrogens is 385 g/mol. The van der Waals surface area contributed by atoms with Crippen LogP contribution in [-0.4, -0.2) is 18.0 Å². The van der Waals surface area contributed by atoms with E-state index in [0.717, 1.165) is 5.56 Å². The first-order chi connectivity index (χ1) is 14.5. The highest BCUT2D eigenvalue weighted by molar-refractivity contribution is 5.97. The van der Waals surface area contributed by atoms with Crippen LogP contribution >= 0.6 is 0 Å². The number of rotatable bonds is 7. The summed E-state index contributed by atoms with van der Waals surface area (Å²) in [6.45, 7) is 1.67. The van der Waals surface area contributed by atoms with E-state index in [0.29, 0.717) is 22.6 Å². The molecule has 3 rings (SSSR count). The fourth-order valence-corrected chi connectivity index (χ4v) is 2.63. The average Bonchev–Trinajstić information content (AvgIpc) is 2.74. The van der Waals surface area contributed by atoms with Crippen LogP contribution in [0.15, 0.2) is 77.9 Å². The van der Waals surface area contributed by atoms with Crippen molar-refractivity contribution in [3.63, 3.8) is 0 Å². The second-order valence-corrected chi connectivity index (χ2v) is 6.41. The van der Waals surface area contributed by atoms with Gasteiger partial charge in [-0.1, -0.05) is 30.3 Å². The number of nitrogens with one attached hydrogen (secondary N) is 2. The van der Waals surface area contributed by atoms with E-state index in [1.54, 1.807) is 48.5 Å². The van der Waals surface area contributed by atoms with E-state index in [1.165, 1.54) is 25.3 Å². The van der Waals surface area contributed by atoms with Crippen molar-refractivity contribution in [1.82, 2.24) is 5.43 Å². The summed E-state index contributed by atoms with van der Waals surface area (Å²) in [6, 6.07) is 19.8. The van der Waals surface area contributed by atoms with Gasteiger partial charge in [0.2, 0.25) is 5.91 Å². The summed E-state index contributed by atoms with van der Waals surface area (Å²) < 4.78 is 18.8. The van der Waals surface area contributed by atoms with E-state index in [1.807, 2.05) is 12.1 Å². The Bertz CT molecular complexity index is 1070. The van der Waals surface area contributed by atoms with Gasteiger partial charge < -0.3 is 10.1 Å². The van der Waals surface area contributed by atoms with Crippen molar-refractivity contribution < 1.29 is 18.7 Å². The third kappa shape index (κ3) is 6.00. The number of carbonyl (C=O) groups is 2. The predicted octanol–water partition coefficient (Wildman–Crippen LogP) is 4.13. The molecule has 0 unspecified atom stereocenters. The Kier molecular flexibility index (Phi) is 6.89. The highest BCUT2D eigenvalue weighted by Crippen LogP contribution is 2.18. The van der Waals surface area contributed by atoms with Gasteiger partial charge in [-0.3, -0.25) is 9.59 Å². The van der Waals surface area contributed by atoms with Gasteiger partial charge in [-0.25, -0.2) is 9.82 Å². The van der Waals surface area contributed by atoms with Gasteiger partial charge in [-0.15, -0.1) is 0 Å². The van der Waals surface area contributed by atoms with Gasteiger partial charge in [0.1, 0.15) is 18.2 Å². The van der Waals surface area contributed by atoms with E-state index in [2.05, 4.69) is 15.8 Å². The molecule has 0 bridgehead atoms. The van der Waals surface area contributed by atoms with Crippen LogP contribution in [0, 0.1) is 5.82 Å². The molecule has 7 heteroatoms. The van der Waals surface area contributed by atoms with Crippen LogP contribution in [0.1, 0.15) is 28.4 Å². The van der Waals surface area contributed by atoms with Crippen molar-refractivity contribution in [1.29, 1.82) is 0 Å². The molecule has 2 N–H and O–H groups in total. The number of para-hydroxylation sites is 1. The average molecular weight is 405 g/mol. The zero-order valence-corrected chi connectivity index (χ0v) is 16.3. The highest BCUT2D eigenvalue weighted by atomic mass is 19.1. The smallest absolute Gasteiger partial charge is 0.271 e. The topological polar surface area (TPSA) is 79.8 Å². The minimum absolute atomic E-state index is 0.220. The second-order valence-electron chi connectivity index (χ2n) is 6.41. The molecule has 30 heavy (non-hydrogen) atoms. The number of ether oxygens (including phenoxy) is 1. The van der Waals surface area contributed by atoms with E-state index < -0.39 is 5.91 Å². The fraction of sp³-hybridized carbons (Fsp3) is 0.0870. The number of hydrogen-bond donors (Lipinski definition) is 2. The minimum Gasteiger partial charge on any atom is -0.488 e. The van der Waals surface area contributed by atoms with Gasteiger partial charge in [0.25, 0.3) is 5.91 Å². The molecule has 0 aliphatic carbocycles. The first kappa shape index (κ1) is 20.7. The van der Waals surface area contributed by atoms with Gasteiger partial charge >= 0.3 is 0 Å². The first-order valence-electron chi connectivity index (χ1n) is 9.18. The number of amides is 2. The Morgan fingerprint density at radius 1 is 1.03 bits per heavy atom. The summed E-state index contributed by atoms with van der Waals surface area (Å²) in [7, 11) is 0.